The number of sulfone groups is 1. The van der Waals surface area contributed by atoms with Crippen molar-refractivity contribution >= 4 is 9.84 Å². The minimum absolute atomic E-state index is 0.0190. The zero-order valence-electron chi connectivity index (χ0n) is 8.71. The second-order valence-electron chi connectivity index (χ2n) is 3.88. The van der Waals surface area contributed by atoms with Gasteiger partial charge < -0.3 is 0 Å². The first kappa shape index (κ1) is 11.6. The van der Waals surface area contributed by atoms with Crippen LogP contribution in [0.15, 0.2) is 15.8 Å². The van der Waals surface area contributed by atoms with E-state index in [4.69, 9.17) is 5.26 Å². The lowest BCUT2D eigenvalue weighted by Crippen LogP contribution is -2.33. The number of aromatic amines is 1. The van der Waals surface area contributed by atoms with E-state index in [1.807, 2.05) is 4.98 Å². The van der Waals surface area contributed by atoms with Gasteiger partial charge in [-0.25, -0.2) is 13.2 Å². The van der Waals surface area contributed by atoms with Crippen molar-refractivity contribution in [3.8, 4) is 6.07 Å². The standard InChI is InChI=1S/C9H9N3O4S/c10-3-6-4-12(9(14)11-8(6)13)7-1-2-17(15,16)5-7/h4,7H,1-2,5H2,(H,11,13,14)/t7-/m0/s1. The number of rotatable bonds is 1. The van der Waals surface area contributed by atoms with Crippen LogP contribution in [-0.4, -0.2) is 29.5 Å². The summed E-state index contributed by atoms with van der Waals surface area (Å²) in [4.78, 5) is 24.7. The largest absolute Gasteiger partial charge is 0.328 e. The van der Waals surface area contributed by atoms with E-state index in [0.29, 0.717) is 6.42 Å². The molecule has 1 aliphatic heterocycles. The summed E-state index contributed by atoms with van der Waals surface area (Å²) in [6.07, 6.45) is 1.44. The molecule has 0 radical (unpaired) electrons. The molecule has 1 fully saturated rings. The Morgan fingerprint density at radius 3 is 2.71 bits per heavy atom. The summed E-state index contributed by atoms with van der Waals surface area (Å²) in [7, 11) is -3.12. The highest BCUT2D eigenvalue weighted by molar-refractivity contribution is 7.91. The third-order valence-corrected chi connectivity index (χ3v) is 4.44. The Morgan fingerprint density at radius 1 is 1.47 bits per heavy atom. The fraction of sp³-hybridized carbons (Fsp3) is 0.444. The molecule has 2 rings (SSSR count). The van der Waals surface area contributed by atoms with Gasteiger partial charge in [0.05, 0.1) is 17.5 Å². The first-order chi connectivity index (χ1) is 7.93. The van der Waals surface area contributed by atoms with Crippen molar-refractivity contribution in [3.63, 3.8) is 0 Å². The van der Waals surface area contributed by atoms with E-state index >= 15 is 0 Å². The number of nitrogens with one attached hydrogen (secondary N) is 1. The molecule has 1 aromatic heterocycles. The van der Waals surface area contributed by atoms with Crippen LogP contribution in [0.2, 0.25) is 0 Å². The summed E-state index contributed by atoms with van der Waals surface area (Å²) < 4.78 is 23.7. The molecule has 1 atom stereocenters. The van der Waals surface area contributed by atoms with Gasteiger partial charge in [0.15, 0.2) is 9.84 Å². The molecular formula is C9H9N3O4S. The fourth-order valence-corrected chi connectivity index (χ4v) is 3.54. The van der Waals surface area contributed by atoms with Crippen molar-refractivity contribution in [3.05, 3.63) is 32.6 Å². The minimum atomic E-state index is -3.12. The molecular weight excluding hydrogens is 246 g/mol. The third kappa shape index (κ3) is 2.14. The maximum absolute atomic E-state index is 11.5. The summed E-state index contributed by atoms with van der Waals surface area (Å²) in [5.41, 5.74) is -1.64. The SMILES string of the molecule is N#Cc1cn([C@H]2CCS(=O)(=O)C2)c(=O)[nH]c1=O. The summed E-state index contributed by atoms with van der Waals surface area (Å²) in [5, 5.41) is 8.68. The van der Waals surface area contributed by atoms with E-state index < -0.39 is 27.1 Å². The average Bonchev–Trinajstić information content (AvgIpc) is 2.59. The Kier molecular flexibility index (Phi) is 2.63. The molecule has 0 aromatic carbocycles. The van der Waals surface area contributed by atoms with Gasteiger partial charge in [-0.15, -0.1) is 0 Å². The minimum Gasteiger partial charge on any atom is -0.295 e. The van der Waals surface area contributed by atoms with E-state index in [1.54, 1.807) is 6.07 Å². The van der Waals surface area contributed by atoms with Crippen LogP contribution in [0.1, 0.15) is 18.0 Å². The van der Waals surface area contributed by atoms with Crippen LogP contribution < -0.4 is 11.2 Å². The zero-order chi connectivity index (χ0) is 12.6. The predicted molar refractivity (Wildman–Crippen MR) is 58.3 cm³/mol. The van der Waals surface area contributed by atoms with Crippen LogP contribution in [-0.2, 0) is 9.84 Å². The van der Waals surface area contributed by atoms with Crippen LogP contribution in [0.25, 0.3) is 0 Å². The quantitative estimate of drug-likeness (QED) is 0.675. The van der Waals surface area contributed by atoms with Gasteiger partial charge in [-0.1, -0.05) is 0 Å². The first-order valence-corrected chi connectivity index (χ1v) is 6.71. The van der Waals surface area contributed by atoms with Crippen molar-refractivity contribution in [2.24, 2.45) is 0 Å². The molecule has 0 unspecified atom stereocenters. The van der Waals surface area contributed by atoms with Gasteiger partial charge in [0.1, 0.15) is 11.6 Å². The maximum Gasteiger partial charge on any atom is 0.328 e. The molecule has 17 heavy (non-hydrogen) atoms. The van der Waals surface area contributed by atoms with Gasteiger partial charge in [0.2, 0.25) is 0 Å². The number of hydrogen-bond donors (Lipinski definition) is 1. The molecule has 0 bridgehead atoms. The van der Waals surface area contributed by atoms with Crippen molar-refractivity contribution < 1.29 is 8.42 Å². The molecule has 2 heterocycles. The van der Waals surface area contributed by atoms with E-state index in [9.17, 15) is 18.0 Å². The highest BCUT2D eigenvalue weighted by atomic mass is 32.2. The molecule has 1 aliphatic rings. The number of hydrogen-bond acceptors (Lipinski definition) is 5. The fourth-order valence-electron chi connectivity index (χ4n) is 1.83. The second-order valence-corrected chi connectivity index (χ2v) is 6.11. The third-order valence-electron chi connectivity index (χ3n) is 2.69. The normalized spacial score (nSPS) is 22.2. The molecule has 0 amide bonds. The van der Waals surface area contributed by atoms with E-state index in [1.165, 1.54) is 0 Å². The lowest BCUT2D eigenvalue weighted by atomic mass is 10.2. The molecule has 1 saturated heterocycles. The van der Waals surface area contributed by atoms with Crippen LogP contribution >= 0.6 is 0 Å². The molecule has 8 heteroatoms. The number of nitriles is 1. The molecule has 90 valence electrons. The Hall–Kier alpha value is -1.88. The average molecular weight is 255 g/mol. The van der Waals surface area contributed by atoms with E-state index in [2.05, 4.69) is 0 Å². The second kappa shape index (κ2) is 3.85. The zero-order valence-corrected chi connectivity index (χ0v) is 9.53. The molecule has 1 aromatic rings. The van der Waals surface area contributed by atoms with Gasteiger partial charge in [0, 0.05) is 6.20 Å². The van der Waals surface area contributed by atoms with Crippen molar-refractivity contribution in [2.45, 2.75) is 12.5 Å². The van der Waals surface area contributed by atoms with Gasteiger partial charge in [-0.3, -0.25) is 14.3 Å². The highest BCUT2D eigenvalue weighted by Crippen LogP contribution is 2.21. The lowest BCUT2D eigenvalue weighted by molar-refractivity contribution is 0.524. The van der Waals surface area contributed by atoms with Gasteiger partial charge in [-0.2, -0.15) is 5.26 Å². The molecule has 0 spiro atoms. The molecule has 1 N–H and O–H groups in total. The molecule has 7 nitrogen and oxygen atoms in total. The van der Waals surface area contributed by atoms with Crippen molar-refractivity contribution in [1.29, 1.82) is 5.26 Å². The first-order valence-electron chi connectivity index (χ1n) is 4.89. The van der Waals surface area contributed by atoms with Crippen LogP contribution in [0, 0.1) is 11.3 Å². The smallest absolute Gasteiger partial charge is 0.295 e. The van der Waals surface area contributed by atoms with Crippen molar-refractivity contribution in [1.82, 2.24) is 9.55 Å². The Bertz CT molecular complexity index is 707. The number of H-pyrrole nitrogens is 1. The molecule has 0 aliphatic carbocycles. The van der Waals surface area contributed by atoms with Gasteiger partial charge in [-0.05, 0) is 6.42 Å². The van der Waals surface area contributed by atoms with E-state index in [-0.39, 0.29) is 17.1 Å². The van der Waals surface area contributed by atoms with Gasteiger partial charge in [0.25, 0.3) is 5.56 Å². The van der Waals surface area contributed by atoms with E-state index in [0.717, 1.165) is 10.8 Å². The number of aromatic nitrogens is 2. The topological polar surface area (TPSA) is 113 Å². The predicted octanol–water partition coefficient (Wildman–Crippen LogP) is -1.23. The Morgan fingerprint density at radius 2 is 2.18 bits per heavy atom. The Balaban J connectivity index is 2.52. The van der Waals surface area contributed by atoms with Crippen LogP contribution in [0.4, 0.5) is 0 Å². The maximum atomic E-state index is 11.5. The summed E-state index contributed by atoms with van der Waals surface area (Å²) in [6.45, 7) is 0. The summed E-state index contributed by atoms with van der Waals surface area (Å²) in [5.74, 6) is -0.116. The molecule has 0 saturated carbocycles. The summed E-state index contributed by atoms with van der Waals surface area (Å²) in [6, 6.07) is 1.15. The number of nitrogens with zero attached hydrogens (tertiary/aromatic N) is 2. The summed E-state index contributed by atoms with van der Waals surface area (Å²) >= 11 is 0. The van der Waals surface area contributed by atoms with Gasteiger partial charge >= 0.3 is 5.69 Å². The van der Waals surface area contributed by atoms with Crippen LogP contribution in [0.3, 0.4) is 0 Å². The van der Waals surface area contributed by atoms with Crippen LogP contribution in [0.5, 0.6) is 0 Å². The lowest BCUT2D eigenvalue weighted by Gasteiger charge is -2.10. The van der Waals surface area contributed by atoms with Crippen molar-refractivity contribution in [2.75, 3.05) is 11.5 Å². The highest BCUT2D eigenvalue weighted by Gasteiger charge is 2.30. The monoisotopic (exact) mass is 255 g/mol. The Labute approximate surface area is 96.2 Å².